The Morgan fingerprint density at radius 3 is 2.89 bits per heavy atom. The Morgan fingerprint density at radius 1 is 1.42 bits per heavy atom. The molecule has 0 radical (unpaired) electrons. The number of rotatable bonds is 4. The zero-order valence-electron chi connectivity index (χ0n) is 11.3. The van der Waals surface area contributed by atoms with Crippen molar-refractivity contribution >= 4 is 5.71 Å². The minimum atomic E-state index is 0.0705. The van der Waals surface area contributed by atoms with Crippen LogP contribution < -0.4 is 9.47 Å². The molecule has 1 saturated heterocycles. The van der Waals surface area contributed by atoms with Crippen LogP contribution in [0.2, 0.25) is 0 Å². The van der Waals surface area contributed by atoms with Crippen molar-refractivity contribution < 1.29 is 19.4 Å². The molecule has 0 bridgehead atoms. The first-order chi connectivity index (χ1) is 9.24. The van der Waals surface area contributed by atoms with E-state index in [1.807, 2.05) is 12.1 Å². The lowest BCUT2D eigenvalue weighted by Crippen LogP contribution is -2.28. The molecule has 5 heteroatoms. The lowest BCUT2D eigenvalue weighted by atomic mass is 10.1. The van der Waals surface area contributed by atoms with E-state index < -0.39 is 0 Å². The van der Waals surface area contributed by atoms with Gasteiger partial charge in [-0.15, -0.1) is 0 Å². The topological polar surface area (TPSA) is 60.3 Å². The third-order valence-corrected chi connectivity index (χ3v) is 3.14. The molecular weight excluding hydrogens is 246 g/mol. The van der Waals surface area contributed by atoms with Crippen molar-refractivity contribution in [3.63, 3.8) is 0 Å². The molecule has 0 saturated carbocycles. The molecule has 1 atom stereocenters. The smallest absolute Gasteiger partial charge is 0.161 e. The first-order valence-corrected chi connectivity index (χ1v) is 6.36. The Bertz CT molecular complexity index is 453. The number of ether oxygens (including phenoxy) is 3. The van der Waals surface area contributed by atoms with Crippen molar-refractivity contribution in [1.29, 1.82) is 0 Å². The predicted octanol–water partition coefficient (Wildman–Crippen LogP) is 2.45. The average molecular weight is 265 g/mol. The van der Waals surface area contributed by atoms with Gasteiger partial charge in [0.05, 0.1) is 19.4 Å². The van der Waals surface area contributed by atoms with Gasteiger partial charge >= 0.3 is 0 Å². The summed E-state index contributed by atoms with van der Waals surface area (Å²) in [5.41, 5.74) is 1.33. The number of methoxy groups -OCH3 is 1. The third-order valence-electron chi connectivity index (χ3n) is 3.14. The number of oxime groups is 1. The highest BCUT2D eigenvalue weighted by Crippen LogP contribution is 2.30. The zero-order valence-corrected chi connectivity index (χ0v) is 11.3. The highest BCUT2D eigenvalue weighted by molar-refractivity contribution is 5.98. The van der Waals surface area contributed by atoms with Crippen LogP contribution in [-0.2, 0) is 4.74 Å². The van der Waals surface area contributed by atoms with Gasteiger partial charge in [-0.1, -0.05) is 5.16 Å². The number of nitrogens with zero attached hydrogens (tertiary/aromatic N) is 1. The summed E-state index contributed by atoms with van der Waals surface area (Å²) in [6, 6.07) is 5.47. The molecule has 0 aromatic heterocycles. The first kappa shape index (κ1) is 13.7. The first-order valence-electron chi connectivity index (χ1n) is 6.36. The molecule has 0 spiro atoms. The van der Waals surface area contributed by atoms with Crippen LogP contribution in [0.3, 0.4) is 0 Å². The zero-order chi connectivity index (χ0) is 13.7. The monoisotopic (exact) mass is 265 g/mol. The van der Waals surface area contributed by atoms with Gasteiger partial charge in [0.2, 0.25) is 0 Å². The normalized spacial score (nSPS) is 20.1. The van der Waals surface area contributed by atoms with Gasteiger partial charge in [0.15, 0.2) is 11.5 Å². The van der Waals surface area contributed by atoms with E-state index in [1.165, 1.54) is 0 Å². The van der Waals surface area contributed by atoms with Crippen molar-refractivity contribution in [1.82, 2.24) is 0 Å². The van der Waals surface area contributed by atoms with Crippen LogP contribution in [0.15, 0.2) is 23.4 Å². The summed E-state index contributed by atoms with van der Waals surface area (Å²) in [6.45, 7) is 3.15. The maximum Gasteiger partial charge on any atom is 0.161 e. The van der Waals surface area contributed by atoms with Crippen LogP contribution in [0.5, 0.6) is 11.5 Å². The minimum absolute atomic E-state index is 0.0705. The summed E-state index contributed by atoms with van der Waals surface area (Å²) in [7, 11) is 1.59. The van der Waals surface area contributed by atoms with Gasteiger partial charge in [0.25, 0.3) is 0 Å². The van der Waals surface area contributed by atoms with E-state index in [9.17, 15) is 0 Å². The Morgan fingerprint density at radius 2 is 2.26 bits per heavy atom. The maximum atomic E-state index is 8.78. The Kier molecular flexibility index (Phi) is 4.63. The molecule has 0 aliphatic carbocycles. The molecular formula is C14H19NO4. The molecule has 19 heavy (non-hydrogen) atoms. The minimum Gasteiger partial charge on any atom is -0.493 e. The summed E-state index contributed by atoms with van der Waals surface area (Å²) in [5, 5.41) is 12.0. The number of benzene rings is 1. The van der Waals surface area contributed by atoms with Crippen LogP contribution in [0.25, 0.3) is 0 Å². The fourth-order valence-electron chi connectivity index (χ4n) is 2.03. The maximum absolute atomic E-state index is 8.78. The van der Waals surface area contributed by atoms with Gasteiger partial charge < -0.3 is 19.4 Å². The third kappa shape index (κ3) is 3.38. The molecule has 1 aliphatic rings. The van der Waals surface area contributed by atoms with Gasteiger partial charge in [-0.05, 0) is 38.0 Å². The van der Waals surface area contributed by atoms with E-state index in [4.69, 9.17) is 19.4 Å². The summed E-state index contributed by atoms with van der Waals surface area (Å²) in [5.74, 6) is 1.32. The van der Waals surface area contributed by atoms with Crippen molar-refractivity contribution in [3.05, 3.63) is 23.8 Å². The fraction of sp³-hybridized carbons (Fsp3) is 0.500. The molecule has 1 aromatic rings. The lowest BCUT2D eigenvalue weighted by Gasteiger charge is -2.24. The molecule has 1 fully saturated rings. The van der Waals surface area contributed by atoms with Crippen molar-refractivity contribution in [3.8, 4) is 11.5 Å². The van der Waals surface area contributed by atoms with Crippen LogP contribution >= 0.6 is 0 Å². The summed E-state index contributed by atoms with van der Waals surface area (Å²) in [4.78, 5) is 0. The molecule has 0 amide bonds. The fourth-order valence-corrected chi connectivity index (χ4v) is 2.03. The van der Waals surface area contributed by atoms with E-state index in [2.05, 4.69) is 5.16 Å². The Balaban J connectivity index is 2.15. The Hall–Kier alpha value is -1.75. The molecule has 1 heterocycles. The highest BCUT2D eigenvalue weighted by Gasteiger charge is 2.17. The quantitative estimate of drug-likeness (QED) is 0.516. The number of hydrogen-bond donors (Lipinski definition) is 1. The van der Waals surface area contributed by atoms with Crippen molar-refractivity contribution in [2.75, 3.05) is 20.3 Å². The molecule has 1 aliphatic heterocycles. The second-order valence-electron chi connectivity index (χ2n) is 4.51. The summed E-state index contributed by atoms with van der Waals surface area (Å²) in [6.07, 6.45) is 2.07. The largest absolute Gasteiger partial charge is 0.493 e. The second kappa shape index (κ2) is 6.43. The SMILES string of the molecule is COc1cc(/C(C)=N/O)ccc1OC1CCCOC1. The van der Waals surface area contributed by atoms with Gasteiger partial charge in [-0.3, -0.25) is 0 Å². The van der Waals surface area contributed by atoms with Crippen molar-refractivity contribution in [2.45, 2.75) is 25.9 Å². The molecule has 104 valence electrons. The lowest BCUT2D eigenvalue weighted by molar-refractivity contribution is 0.00644. The van der Waals surface area contributed by atoms with Gasteiger partial charge in [0.1, 0.15) is 6.10 Å². The van der Waals surface area contributed by atoms with Gasteiger partial charge in [-0.25, -0.2) is 0 Å². The van der Waals surface area contributed by atoms with Crippen LogP contribution in [0, 0.1) is 0 Å². The van der Waals surface area contributed by atoms with E-state index in [0.29, 0.717) is 23.8 Å². The molecule has 2 rings (SSSR count). The van der Waals surface area contributed by atoms with Crippen LogP contribution in [0.1, 0.15) is 25.3 Å². The molecule has 5 nitrogen and oxygen atoms in total. The van der Waals surface area contributed by atoms with Crippen molar-refractivity contribution in [2.24, 2.45) is 5.16 Å². The van der Waals surface area contributed by atoms with E-state index >= 15 is 0 Å². The molecule has 1 unspecified atom stereocenters. The highest BCUT2D eigenvalue weighted by atomic mass is 16.5. The van der Waals surface area contributed by atoms with E-state index in [1.54, 1.807) is 20.1 Å². The number of hydrogen-bond acceptors (Lipinski definition) is 5. The van der Waals surface area contributed by atoms with E-state index in [-0.39, 0.29) is 6.10 Å². The molecule has 1 aromatic carbocycles. The molecule has 1 N–H and O–H groups in total. The summed E-state index contributed by atoms with van der Waals surface area (Å²) >= 11 is 0. The van der Waals surface area contributed by atoms with Crippen LogP contribution in [0.4, 0.5) is 0 Å². The summed E-state index contributed by atoms with van der Waals surface area (Å²) < 4.78 is 16.6. The van der Waals surface area contributed by atoms with Crippen LogP contribution in [-0.4, -0.2) is 37.3 Å². The standard InChI is InChI=1S/C14H19NO4/c1-10(15-16)11-5-6-13(14(8-11)17-2)19-12-4-3-7-18-9-12/h5-6,8,12,16H,3-4,7,9H2,1-2H3/b15-10+. The van der Waals surface area contributed by atoms with Gasteiger partial charge in [0, 0.05) is 12.2 Å². The average Bonchev–Trinajstić information content (AvgIpc) is 2.48. The van der Waals surface area contributed by atoms with E-state index in [0.717, 1.165) is 25.0 Å². The predicted molar refractivity (Wildman–Crippen MR) is 71.5 cm³/mol. The second-order valence-corrected chi connectivity index (χ2v) is 4.51. The Labute approximate surface area is 112 Å². The van der Waals surface area contributed by atoms with Gasteiger partial charge in [-0.2, -0.15) is 0 Å².